The van der Waals surface area contributed by atoms with Gasteiger partial charge >= 0.3 is 12.4 Å². The van der Waals surface area contributed by atoms with Crippen LogP contribution in [0.2, 0.25) is 10.0 Å². The zero-order valence-corrected chi connectivity index (χ0v) is 23.0. The van der Waals surface area contributed by atoms with Crippen LogP contribution in [-0.2, 0) is 21.9 Å². The minimum atomic E-state index is -5.12. The Bertz CT molecular complexity index is 1270. The summed E-state index contributed by atoms with van der Waals surface area (Å²) in [5.41, 5.74) is -3.45. The van der Waals surface area contributed by atoms with Crippen molar-refractivity contribution < 1.29 is 40.7 Å². The molecule has 0 saturated carbocycles. The molecule has 14 heteroatoms. The van der Waals surface area contributed by atoms with Crippen molar-refractivity contribution in [3.63, 3.8) is 0 Å². The lowest BCUT2D eigenvalue weighted by Gasteiger charge is -2.43. The number of benzene rings is 2. The molecule has 1 aliphatic rings. The molecule has 1 heterocycles. The standard InChI is InChI=1S/C26H25Cl2F6N3O3/c1-13(35-14(2)38)23(39)37-7-6-22(19(12-37)15-4-5-20(27)21(28)10-15)36(3)24(40)16-8-17(25(29,30)31)11-18(9-16)26(32,33)34/h4-5,8-11,13,19,22H,6-7,12H2,1-3H3,(H,35,38)/t13-,19-,22+/m0/s1. The summed E-state index contributed by atoms with van der Waals surface area (Å²) in [6, 6.07) is 3.77. The number of piperidine rings is 1. The fourth-order valence-corrected chi connectivity index (χ4v) is 5.05. The molecule has 3 atom stereocenters. The Morgan fingerprint density at radius 2 is 1.55 bits per heavy atom. The molecule has 2 aromatic rings. The number of nitrogens with one attached hydrogen (secondary N) is 1. The number of amides is 3. The van der Waals surface area contributed by atoms with Crippen LogP contribution in [0.5, 0.6) is 0 Å². The molecule has 218 valence electrons. The van der Waals surface area contributed by atoms with E-state index in [0.29, 0.717) is 17.7 Å². The maximum atomic E-state index is 13.4. The quantitative estimate of drug-likeness (QED) is 0.421. The normalized spacial score (nSPS) is 18.7. The molecule has 6 nitrogen and oxygen atoms in total. The van der Waals surface area contributed by atoms with E-state index in [4.69, 9.17) is 23.2 Å². The lowest BCUT2D eigenvalue weighted by Crippen LogP contribution is -2.55. The molecule has 1 fully saturated rings. The third kappa shape index (κ3) is 7.20. The zero-order chi connectivity index (χ0) is 30.2. The molecule has 1 N–H and O–H groups in total. The molecule has 0 radical (unpaired) electrons. The number of hydrogen-bond donors (Lipinski definition) is 1. The smallest absolute Gasteiger partial charge is 0.345 e. The van der Waals surface area contributed by atoms with Gasteiger partial charge in [-0.25, -0.2) is 0 Å². The minimum Gasteiger partial charge on any atom is -0.345 e. The van der Waals surface area contributed by atoms with E-state index in [1.807, 2.05) is 0 Å². The van der Waals surface area contributed by atoms with Crippen LogP contribution in [-0.4, -0.2) is 59.7 Å². The highest BCUT2D eigenvalue weighted by atomic mass is 35.5. The van der Waals surface area contributed by atoms with E-state index in [1.54, 1.807) is 6.07 Å². The van der Waals surface area contributed by atoms with Crippen molar-refractivity contribution in [3.05, 3.63) is 68.7 Å². The Morgan fingerprint density at radius 1 is 0.975 bits per heavy atom. The topological polar surface area (TPSA) is 69.7 Å². The molecular formula is C26H25Cl2F6N3O3. The van der Waals surface area contributed by atoms with Crippen LogP contribution in [0.25, 0.3) is 0 Å². The number of carbonyl (C=O) groups is 3. The van der Waals surface area contributed by atoms with E-state index < -0.39 is 64.8 Å². The Labute approximate surface area is 236 Å². The molecule has 3 amide bonds. The van der Waals surface area contributed by atoms with Crippen molar-refractivity contribution >= 4 is 40.9 Å². The molecule has 2 aromatic carbocycles. The van der Waals surface area contributed by atoms with Crippen LogP contribution in [0.15, 0.2) is 36.4 Å². The number of hydrogen-bond acceptors (Lipinski definition) is 3. The van der Waals surface area contributed by atoms with Gasteiger partial charge in [0.05, 0.1) is 21.2 Å². The summed E-state index contributed by atoms with van der Waals surface area (Å²) in [6.07, 6.45) is -10.1. The Hall–Kier alpha value is -2.99. The van der Waals surface area contributed by atoms with Gasteiger partial charge in [0.15, 0.2) is 0 Å². The maximum Gasteiger partial charge on any atom is 0.416 e. The van der Waals surface area contributed by atoms with Gasteiger partial charge in [0.2, 0.25) is 11.8 Å². The third-order valence-corrected chi connectivity index (χ3v) is 7.44. The molecule has 0 aromatic heterocycles. The van der Waals surface area contributed by atoms with Crippen LogP contribution >= 0.6 is 23.2 Å². The summed E-state index contributed by atoms with van der Waals surface area (Å²) >= 11 is 12.2. The average Bonchev–Trinajstić information content (AvgIpc) is 2.87. The molecule has 0 spiro atoms. The highest BCUT2D eigenvalue weighted by molar-refractivity contribution is 6.42. The van der Waals surface area contributed by atoms with E-state index in [-0.39, 0.29) is 35.6 Å². The summed E-state index contributed by atoms with van der Waals surface area (Å²) in [6.45, 7) is 2.90. The van der Waals surface area contributed by atoms with Gasteiger partial charge in [-0.05, 0) is 49.2 Å². The lowest BCUT2D eigenvalue weighted by molar-refractivity contribution is -0.143. The van der Waals surface area contributed by atoms with Gasteiger partial charge in [-0.2, -0.15) is 26.3 Å². The van der Waals surface area contributed by atoms with Gasteiger partial charge in [0.1, 0.15) is 6.04 Å². The first-order valence-electron chi connectivity index (χ1n) is 12.0. The van der Waals surface area contributed by atoms with E-state index in [1.165, 1.54) is 37.9 Å². The van der Waals surface area contributed by atoms with Crippen molar-refractivity contribution in [2.45, 2.75) is 50.6 Å². The summed E-state index contributed by atoms with van der Waals surface area (Å²) in [5, 5.41) is 2.91. The van der Waals surface area contributed by atoms with Gasteiger partial charge in [-0.3, -0.25) is 14.4 Å². The van der Waals surface area contributed by atoms with Crippen LogP contribution in [0.3, 0.4) is 0 Å². The summed E-state index contributed by atoms with van der Waals surface area (Å²) in [7, 11) is 1.28. The lowest BCUT2D eigenvalue weighted by atomic mass is 9.84. The number of likely N-dealkylation sites (tertiary alicyclic amines) is 1. The number of likely N-dealkylation sites (N-methyl/N-ethyl adjacent to an activating group) is 1. The van der Waals surface area contributed by atoms with Crippen molar-refractivity contribution in [1.29, 1.82) is 0 Å². The summed E-state index contributed by atoms with van der Waals surface area (Å²) in [4.78, 5) is 40.3. The van der Waals surface area contributed by atoms with Gasteiger partial charge < -0.3 is 15.1 Å². The Kier molecular flexibility index (Phi) is 9.35. The molecule has 40 heavy (non-hydrogen) atoms. The first kappa shape index (κ1) is 31.5. The third-order valence-electron chi connectivity index (χ3n) is 6.70. The summed E-state index contributed by atoms with van der Waals surface area (Å²) < 4.78 is 80.4. The zero-order valence-electron chi connectivity index (χ0n) is 21.5. The molecule has 0 bridgehead atoms. The van der Waals surface area contributed by atoms with E-state index in [9.17, 15) is 40.7 Å². The molecule has 3 rings (SSSR count). The van der Waals surface area contributed by atoms with Gasteiger partial charge in [-0.1, -0.05) is 29.3 Å². The fourth-order valence-electron chi connectivity index (χ4n) is 4.75. The summed E-state index contributed by atoms with van der Waals surface area (Å²) in [5.74, 6) is -2.52. The van der Waals surface area contributed by atoms with Crippen LogP contribution in [0.1, 0.15) is 53.2 Å². The fraction of sp³-hybridized carbons (Fsp3) is 0.423. The van der Waals surface area contributed by atoms with Crippen LogP contribution in [0, 0.1) is 0 Å². The number of nitrogens with zero attached hydrogens (tertiary/aromatic N) is 2. The first-order chi connectivity index (χ1) is 18.4. The predicted octanol–water partition coefficient (Wildman–Crippen LogP) is 6.01. The molecule has 0 unspecified atom stereocenters. The Balaban J connectivity index is 2.00. The minimum absolute atomic E-state index is 0.0272. The van der Waals surface area contributed by atoms with Crippen molar-refractivity contribution in [2.75, 3.05) is 20.1 Å². The number of halogens is 8. The first-order valence-corrected chi connectivity index (χ1v) is 12.7. The predicted molar refractivity (Wildman–Crippen MR) is 136 cm³/mol. The number of carbonyl (C=O) groups excluding carboxylic acids is 3. The van der Waals surface area contributed by atoms with E-state index in [2.05, 4.69) is 5.32 Å². The second kappa shape index (κ2) is 11.9. The van der Waals surface area contributed by atoms with Crippen LogP contribution in [0.4, 0.5) is 26.3 Å². The average molecular weight is 612 g/mol. The molecular weight excluding hydrogens is 587 g/mol. The van der Waals surface area contributed by atoms with Gasteiger partial charge in [-0.15, -0.1) is 0 Å². The van der Waals surface area contributed by atoms with Crippen molar-refractivity contribution in [2.24, 2.45) is 0 Å². The van der Waals surface area contributed by atoms with Crippen molar-refractivity contribution in [1.82, 2.24) is 15.1 Å². The maximum absolute atomic E-state index is 13.4. The second-order valence-electron chi connectivity index (χ2n) is 9.55. The molecule has 1 saturated heterocycles. The SMILES string of the molecule is CC(=O)N[C@@H](C)C(=O)N1CC[C@@H](N(C)C(=O)c2cc(C(F)(F)F)cc(C(F)(F)F)c2)[C@H](c2ccc(Cl)c(Cl)c2)C1. The van der Waals surface area contributed by atoms with Gasteiger partial charge in [0.25, 0.3) is 5.91 Å². The highest BCUT2D eigenvalue weighted by Gasteiger charge is 2.40. The number of rotatable bonds is 5. The monoisotopic (exact) mass is 611 g/mol. The van der Waals surface area contributed by atoms with E-state index in [0.717, 1.165) is 4.90 Å². The molecule has 0 aliphatic carbocycles. The second-order valence-corrected chi connectivity index (χ2v) is 10.4. The van der Waals surface area contributed by atoms with Crippen LogP contribution < -0.4 is 5.32 Å². The van der Waals surface area contributed by atoms with E-state index >= 15 is 0 Å². The number of alkyl halides is 6. The largest absolute Gasteiger partial charge is 0.416 e. The van der Waals surface area contributed by atoms with Gasteiger partial charge in [0, 0.05) is 44.6 Å². The van der Waals surface area contributed by atoms with Crippen molar-refractivity contribution in [3.8, 4) is 0 Å². The Morgan fingerprint density at radius 3 is 2.05 bits per heavy atom. The highest BCUT2D eigenvalue weighted by Crippen LogP contribution is 2.38. The molecule has 1 aliphatic heterocycles.